The Bertz CT molecular complexity index is 214. The lowest BCUT2D eigenvalue weighted by Crippen LogP contribution is -2.25. The van der Waals surface area contributed by atoms with Crippen LogP contribution in [0.1, 0.15) is 53.4 Å². The minimum Gasteiger partial charge on any atom is -0.459 e. The van der Waals surface area contributed by atoms with E-state index in [2.05, 4.69) is 0 Å². The van der Waals surface area contributed by atoms with Gasteiger partial charge in [-0.2, -0.15) is 11.8 Å². The largest absolute Gasteiger partial charge is 0.459 e. The van der Waals surface area contributed by atoms with Gasteiger partial charge in [0.05, 0.1) is 11.9 Å². The molecular weight excluding hydrogens is 239 g/mol. The first kappa shape index (κ1) is 16.8. The van der Waals surface area contributed by atoms with E-state index >= 15 is 0 Å². The number of esters is 1. The zero-order valence-electron chi connectivity index (χ0n) is 11.4. The highest BCUT2D eigenvalue weighted by atomic mass is 32.2. The van der Waals surface area contributed by atoms with Crippen molar-refractivity contribution < 1.29 is 13.9 Å². The van der Waals surface area contributed by atoms with Crippen LogP contribution in [-0.2, 0) is 9.53 Å². The molecule has 0 aliphatic heterocycles. The van der Waals surface area contributed by atoms with Crippen molar-refractivity contribution in [3.05, 3.63) is 0 Å². The lowest BCUT2D eigenvalue weighted by Gasteiger charge is -2.19. The number of carbonyl (C=O) groups is 1. The first-order valence-corrected chi connectivity index (χ1v) is 7.44. The first-order valence-electron chi connectivity index (χ1n) is 6.29. The van der Waals surface area contributed by atoms with Gasteiger partial charge in [-0.05, 0) is 52.2 Å². The maximum atomic E-state index is 12.9. The Balaban J connectivity index is 3.37. The summed E-state index contributed by atoms with van der Waals surface area (Å²) >= 11 is 1.56. The average molecular weight is 264 g/mol. The molecule has 0 aliphatic rings. The van der Waals surface area contributed by atoms with Crippen LogP contribution < -0.4 is 0 Å². The van der Waals surface area contributed by atoms with E-state index in [-0.39, 0.29) is 5.97 Å². The van der Waals surface area contributed by atoms with E-state index in [1.165, 1.54) is 0 Å². The topological polar surface area (TPSA) is 26.3 Å². The summed E-state index contributed by atoms with van der Waals surface area (Å²) in [5, 5.41) is 0. The number of thioether (sulfide) groups is 1. The summed E-state index contributed by atoms with van der Waals surface area (Å²) < 4.78 is 18.1. The third kappa shape index (κ3) is 12.0. The second-order valence-electron chi connectivity index (χ2n) is 5.14. The molecule has 17 heavy (non-hydrogen) atoms. The number of carbonyl (C=O) groups excluding carboxylic acids is 1. The van der Waals surface area contributed by atoms with E-state index in [1.807, 2.05) is 27.7 Å². The van der Waals surface area contributed by atoms with Crippen LogP contribution >= 0.6 is 11.8 Å². The summed E-state index contributed by atoms with van der Waals surface area (Å²) in [6.07, 6.45) is 2.45. The lowest BCUT2D eigenvalue weighted by molar-refractivity contribution is -0.151. The maximum absolute atomic E-state index is 12.9. The van der Waals surface area contributed by atoms with Crippen molar-refractivity contribution in [1.29, 1.82) is 0 Å². The molecule has 0 aromatic heterocycles. The van der Waals surface area contributed by atoms with Gasteiger partial charge in [-0.3, -0.25) is 4.79 Å². The predicted molar refractivity (Wildman–Crippen MR) is 72.2 cm³/mol. The molecule has 1 unspecified atom stereocenters. The Kier molecular flexibility index (Phi) is 8.66. The standard InChI is InChI=1S/C13H25FO2S/c1-5-11(14)8-6-7-9-17-10-12(15)16-13(2,3)4/h11H,5-10H2,1-4H3. The molecule has 0 aromatic carbocycles. The van der Waals surface area contributed by atoms with Crippen molar-refractivity contribution >= 4 is 17.7 Å². The summed E-state index contributed by atoms with van der Waals surface area (Å²) in [6, 6.07) is 0. The van der Waals surface area contributed by atoms with Gasteiger partial charge < -0.3 is 4.74 Å². The summed E-state index contributed by atoms with van der Waals surface area (Å²) in [5.74, 6) is 1.12. The number of unbranched alkanes of at least 4 members (excludes halogenated alkanes) is 1. The van der Waals surface area contributed by atoms with Crippen LogP contribution in [0.25, 0.3) is 0 Å². The minimum absolute atomic E-state index is 0.167. The molecule has 0 bridgehead atoms. The number of hydrogen-bond donors (Lipinski definition) is 0. The van der Waals surface area contributed by atoms with E-state index in [4.69, 9.17) is 4.74 Å². The third-order valence-electron chi connectivity index (χ3n) is 2.14. The maximum Gasteiger partial charge on any atom is 0.316 e. The van der Waals surface area contributed by atoms with Gasteiger partial charge in [0, 0.05) is 0 Å². The van der Waals surface area contributed by atoms with Crippen molar-refractivity contribution in [2.75, 3.05) is 11.5 Å². The van der Waals surface area contributed by atoms with Gasteiger partial charge in [0.25, 0.3) is 0 Å². The molecule has 0 saturated heterocycles. The van der Waals surface area contributed by atoms with Crippen LogP contribution in [0.5, 0.6) is 0 Å². The molecule has 0 aromatic rings. The summed E-state index contributed by atoms with van der Waals surface area (Å²) in [7, 11) is 0. The summed E-state index contributed by atoms with van der Waals surface area (Å²) in [5.41, 5.74) is -0.403. The van der Waals surface area contributed by atoms with E-state index in [0.29, 0.717) is 18.6 Å². The number of alkyl halides is 1. The second-order valence-corrected chi connectivity index (χ2v) is 6.25. The molecule has 0 heterocycles. The summed E-state index contributed by atoms with van der Waals surface area (Å²) in [6.45, 7) is 7.45. The van der Waals surface area contributed by atoms with Crippen molar-refractivity contribution in [1.82, 2.24) is 0 Å². The van der Waals surface area contributed by atoms with Crippen molar-refractivity contribution in [2.24, 2.45) is 0 Å². The molecule has 0 fully saturated rings. The number of ether oxygens (including phenoxy) is 1. The van der Waals surface area contributed by atoms with Crippen LogP contribution in [0.4, 0.5) is 4.39 Å². The van der Waals surface area contributed by atoms with Crippen LogP contribution in [0.2, 0.25) is 0 Å². The van der Waals surface area contributed by atoms with Crippen LogP contribution in [-0.4, -0.2) is 29.2 Å². The zero-order valence-corrected chi connectivity index (χ0v) is 12.2. The minimum atomic E-state index is -0.661. The highest BCUT2D eigenvalue weighted by molar-refractivity contribution is 7.99. The van der Waals surface area contributed by atoms with Crippen molar-refractivity contribution in [2.45, 2.75) is 65.2 Å². The summed E-state index contributed by atoms with van der Waals surface area (Å²) in [4.78, 5) is 11.3. The van der Waals surface area contributed by atoms with Gasteiger partial charge in [-0.1, -0.05) is 6.92 Å². The molecule has 0 spiro atoms. The number of rotatable bonds is 8. The first-order chi connectivity index (χ1) is 7.85. The molecule has 102 valence electrons. The average Bonchev–Trinajstić information content (AvgIpc) is 2.20. The van der Waals surface area contributed by atoms with Gasteiger partial charge >= 0.3 is 5.97 Å². The quantitative estimate of drug-likeness (QED) is 0.490. The molecule has 0 saturated carbocycles. The second kappa shape index (κ2) is 8.78. The molecule has 1 atom stereocenters. The zero-order chi connectivity index (χ0) is 13.3. The van der Waals surface area contributed by atoms with Gasteiger partial charge in [0.2, 0.25) is 0 Å². The van der Waals surface area contributed by atoms with Gasteiger partial charge in [0.15, 0.2) is 0 Å². The molecule has 0 N–H and O–H groups in total. The van der Waals surface area contributed by atoms with Gasteiger partial charge in [0.1, 0.15) is 5.60 Å². The Morgan fingerprint density at radius 3 is 2.53 bits per heavy atom. The molecule has 2 nitrogen and oxygen atoms in total. The van der Waals surface area contributed by atoms with E-state index < -0.39 is 11.8 Å². The van der Waals surface area contributed by atoms with Crippen LogP contribution in [0.3, 0.4) is 0 Å². The molecule has 0 radical (unpaired) electrons. The molecule has 0 rings (SSSR count). The lowest BCUT2D eigenvalue weighted by atomic mass is 10.1. The van der Waals surface area contributed by atoms with E-state index in [1.54, 1.807) is 11.8 Å². The van der Waals surface area contributed by atoms with Gasteiger partial charge in [-0.25, -0.2) is 4.39 Å². The molecule has 4 heteroatoms. The predicted octanol–water partition coefficient (Wildman–Crippen LogP) is 3.98. The molecule has 0 amide bonds. The fourth-order valence-corrected chi connectivity index (χ4v) is 2.08. The van der Waals surface area contributed by atoms with E-state index in [0.717, 1.165) is 18.6 Å². The molecule has 0 aliphatic carbocycles. The normalized spacial score (nSPS) is 13.5. The van der Waals surface area contributed by atoms with Crippen molar-refractivity contribution in [3.63, 3.8) is 0 Å². The Labute approximate surface area is 109 Å². The van der Waals surface area contributed by atoms with E-state index in [9.17, 15) is 9.18 Å². The van der Waals surface area contributed by atoms with Gasteiger partial charge in [-0.15, -0.1) is 0 Å². The highest BCUT2D eigenvalue weighted by Crippen LogP contribution is 2.13. The Hall–Kier alpha value is -0.250. The highest BCUT2D eigenvalue weighted by Gasteiger charge is 2.15. The third-order valence-corrected chi connectivity index (χ3v) is 3.16. The van der Waals surface area contributed by atoms with Crippen LogP contribution in [0.15, 0.2) is 0 Å². The fourth-order valence-electron chi connectivity index (χ4n) is 1.30. The number of hydrogen-bond acceptors (Lipinski definition) is 3. The fraction of sp³-hybridized carbons (Fsp3) is 0.923. The molecular formula is C13H25FO2S. The Morgan fingerprint density at radius 1 is 1.35 bits per heavy atom. The number of halogens is 1. The monoisotopic (exact) mass is 264 g/mol. The van der Waals surface area contributed by atoms with Crippen molar-refractivity contribution in [3.8, 4) is 0 Å². The smallest absolute Gasteiger partial charge is 0.316 e. The Morgan fingerprint density at radius 2 is 2.00 bits per heavy atom. The van der Waals surface area contributed by atoms with Crippen LogP contribution in [0, 0.1) is 0 Å². The SMILES string of the molecule is CCC(F)CCCCSCC(=O)OC(C)(C)C.